The van der Waals surface area contributed by atoms with E-state index in [0.29, 0.717) is 5.82 Å². The number of halogens is 3. The van der Waals surface area contributed by atoms with Gasteiger partial charge in [-0.25, -0.2) is 8.78 Å². The van der Waals surface area contributed by atoms with Crippen molar-refractivity contribution in [3.63, 3.8) is 0 Å². The van der Waals surface area contributed by atoms with Crippen LogP contribution >= 0.6 is 22.6 Å². The van der Waals surface area contributed by atoms with Crippen molar-refractivity contribution in [1.82, 2.24) is 19.6 Å². The van der Waals surface area contributed by atoms with E-state index in [4.69, 9.17) is 0 Å². The number of aryl methyl sites for hydroxylation is 1. The largest absolute Gasteiger partial charge is 0.277 e. The average Bonchev–Trinajstić information content (AvgIpc) is 2.80. The highest BCUT2D eigenvalue weighted by Crippen LogP contribution is 2.25. The lowest BCUT2D eigenvalue weighted by molar-refractivity contribution is 0.564. The lowest BCUT2D eigenvalue weighted by atomic mass is 10.1. The molecule has 0 aromatic carbocycles. The smallest absolute Gasteiger partial charge is 0.198 e. The van der Waals surface area contributed by atoms with Gasteiger partial charge in [-0.3, -0.25) is 9.38 Å². The van der Waals surface area contributed by atoms with Crippen molar-refractivity contribution in [3.05, 3.63) is 45.4 Å². The molecular formula is C12H7F2IN4. The summed E-state index contributed by atoms with van der Waals surface area (Å²) < 4.78 is 28.8. The molecule has 0 fully saturated rings. The summed E-state index contributed by atoms with van der Waals surface area (Å²) in [5.74, 6) is -0.950. The first kappa shape index (κ1) is 12.4. The number of fused-ring (bicyclic) bond motifs is 1. The second kappa shape index (κ2) is 4.48. The number of hydrogen-bond acceptors (Lipinski definition) is 3. The minimum Gasteiger partial charge on any atom is -0.277 e. The molecule has 3 aromatic rings. The number of nitrogens with zero attached hydrogens (tertiary/aromatic N) is 4. The Labute approximate surface area is 120 Å². The van der Waals surface area contributed by atoms with Crippen LogP contribution in [0.3, 0.4) is 0 Å². The Morgan fingerprint density at radius 2 is 2.05 bits per heavy atom. The van der Waals surface area contributed by atoms with Crippen LogP contribution in [0.15, 0.2) is 24.7 Å². The molecule has 3 heterocycles. The fourth-order valence-electron chi connectivity index (χ4n) is 1.84. The van der Waals surface area contributed by atoms with Gasteiger partial charge in [0, 0.05) is 24.2 Å². The zero-order valence-electron chi connectivity index (χ0n) is 9.73. The molecule has 0 N–H and O–H groups in total. The van der Waals surface area contributed by atoms with Crippen molar-refractivity contribution in [2.75, 3.05) is 0 Å². The molecule has 3 rings (SSSR count). The summed E-state index contributed by atoms with van der Waals surface area (Å²) in [5, 5.41) is 7.73. The summed E-state index contributed by atoms with van der Waals surface area (Å²) in [6, 6.07) is 1.74. The Morgan fingerprint density at radius 1 is 1.26 bits per heavy atom. The predicted octanol–water partition coefficient (Wildman–Crippen LogP) is 2.98. The molecule has 19 heavy (non-hydrogen) atoms. The van der Waals surface area contributed by atoms with E-state index in [9.17, 15) is 8.78 Å². The van der Waals surface area contributed by atoms with Gasteiger partial charge < -0.3 is 0 Å². The molecule has 0 saturated heterocycles. The third-order valence-corrected chi connectivity index (χ3v) is 3.79. The minimum atomic E-state index is -0.703. The highest BCUT2D eigenvalue weighted by atomic mass is 127. The van der Waals surface area contributed by atoms with Crippen molar-refractivity contribution < 1.29 is 8.78 Å². The van der Waals surface area contributed by atoms with E-state index in [1.807, 2.05) is 6.92 Å². The molecule has 0 bridgehead atoms. The van der Waals surface area contributed by atoms with E-state index in [2.05, 4.69) is 15.2 Å². The van der Waals surface area contributed by atoms with E-state index in [1.165, 1.54) is 10.6 Å². The minimum absolute atomic E-state index is 0.0111. The van der Waals surface area contributed by atoms with Crippen LogP contribution in [0.4, 0.5) is 8.78 Å². The fourth-order valence-corrected chi connectivity index (χ4v) is 2.22. The Balaban J connectivity index is 2.36. The highest BCUT2D eigenvalue weighted by molar-refractivity contribution is 14.1. The molecular weight excluding hydrogens is 365 g/mol. The van der Waals surface area contributed by atoms with Crippen molar-refractivity contribution in [2.45, 2.75) is 6.92 Å². The van der Waals surface area contributed by atoms with Gasteiger partial charge in [0.2, 0.25) is 0 Å². The van der Waals surface area contributed by atoms with Gasteiger partial charge >= 0.3 is 0 Å². The van der Waals surface area contributed by atoms with Gasteiger partial charge in [0.05, 0.1) is 3.57 Å². The normalized spacial score (nSPS) is 11.2. The number of hydrogen-bond donors (Lipinski definition) is 0. The Bertz CT molecular complexity index is 785. The van der Waals surface area contributed by atoms with Gasteiger partial charge in [-0.15, -0.1) is 10.2 Å². The van der Waals surface area contributed by atoms with Crippen molar-refractivity contribution in [1.29, 1.82) is 0 Å². The first-order valence-corrected chi connectivity index (χ1v) is 6.46. The summed E-state index contributed by atoms with van der Waals surface area (Å²) in [6.07, 6.45) is 4.45. The summed E-state index contributed by atoms with van der Waals surface area (Å²) >= 11 is 1.61. The molecule has 0 aliphatic rings. The second-order valence-electron chi connectivity index (χ2n) is 4.01. The van der Waals surface area contributed by atoms with E-state index in [0.717, 1.165) is 11.1 Å². The van der Waals surface area contributed by atoms with Gasteiger partial charge in [0.1, 0.15) is 0 Å². The number of pyridine rings is 2. The molecule has 96 valence electrons. The molecule has 0 atom stereocenters. The van der Waals surface area contributed by atoms with Crippen molar-refractivity contribution in [2.24, 2.45) is 0 Å². The summed E-state index contributed by atoms with van der Waals surface area (Å²) in [5.41, 5.74) is 1.61. The molecule has 0 unspecified atom stereocenters. The summed E-state index contributed by atoms with van der Waals surface area (Å²) in [6.45, 7) is 1.85. The Kier molecular flexibility index (Phi) is 2.92. The first-order chi connectivity index (χ1) is 9.09. The van der Waals surface area contributed by atoms with Crippen LogP contribution in [0.25, 0.3) is 17.0 Å². The zero-order valence-corrected chi connectivity index (χ0v) is 11.9. The van der Waals surface area contributed by atoms with Crippen LogP contribution in [-0.4, -0.2) is 19.6 Å². The molecule has 0 amide bonds. The number of rotatable bonds is 1. The summed E-state index contributed by atoms with van der Waals surface area (Å²) in [7, 11) is 0. The molecule has 0 aliphatic heterocycles. The van der Waals surface area contributed by atoms with E-state index in [-0.39, 0.29) is 9.22 Å². The van der Waals surface area contributed by atoms with Crippen LogP contribution in [0, 0.1) is 22.1 Å². The van der Waals surface area contributed by atoms with E-state index in [1.54, 1.807) is 41.1 Å². The van der Waals surface area contributed by atoms with Gasteiger partial charge in [0.15, 0.2) is 23.1 Å². The van der Waals surface area contributed by atoms with Gasteiger partial charge in [-0.05, 0) is 41.1 Å². The molecule has 7 heteroatoms. The van der Waals surface area contributed by atoms with Gasteiger partial charge in [-0.2, -0.15) is 0 Å². The lowest BCUT2D eigenvalue weighted by Crippen LogP contribution is -1.99. The monoisotopic (exact) mass is 372 g/mol. The number of aromatic nitrogens is 4. The second-order valence-corrected chi connectivity index (χ2v) is 5.09. The third-order valence-electron chi connectivity index (χ3n) is 2.80. The molecule has 0 radical (unpaired) electrons. The van der Waals surface area contributed by atoms with Gasteiger partial charge in [0.25, 0.3) is 0 Å². The maximum absolute atomic E-state index is 13.9. The predicted molar refractivity (Wildman–Crippen MR) is 73.6 cm³/mol. The maximum atomic E-state index is 13.9. The quantitative estimate of drug-likeness (QED) is 0.617. The van der Waals surface area contributed by atoms with Crippen LogP contribution in [-0.2, 0) is 0 Å². The van der Waals surface area contributed by atoms with Crippen molar-refractivity contribution >= 4 is 28.2 Å². The standard InChI is InChI=1S/C12H7F2IN4/c1-6-4-16-3-2-7(6)11-17-18-12-9(14)10(15)8(13)5-19(11)12/h2-5H,1H3. The van der Waals surface area contributed by atoms with Crippen LogP contribution in [0.5, 0.6) is 0 Å². The maximum Gasteiger partial charge on any atom is 0.198 e. The SMILES string of the molecule is Cc1cnccc1-c1nnc2c(F)c(I)c(F)cn12. The van der Waals surface area contributed by atoms with E-state index < -0.39 is 11.6 Å². The third kappa shape index (κ3) is 1.88. The Morgan fingerprint density at radius 3 is 2.79 bits per heavy atom. The lowest BCUT2D eigenvalue weighted by Gasteiger charge is -2.04. The first-order valence-electron chi connectivity index (χ1n) is 5.39. The van der Waals surface area contributed by atoms with E-state index >= 15 is 0 Å². The zero-order chi connectivity index (χ0) is 13.6. The molecule has 4 nitrogen and oxygen atoms in total. The Hall–Kier alpha value is -1.64. The van der Waals surface area contributed by atoms with Crippen LogP contribution in [0.1, 0.15) is 5.56 Å². The molecule has 0 saturated carbocycles. The highest BCUT2D eigenvalue weighted by Gasteiger charge is 2.18. The van der Waals surface area contributed by atoms with Crippen molar-refractivity contribution in [3.8, 4) is 11.4 Å². The van der Waals surface area contributed by atoms with Gasteiger partial charge in [-0.1, -0.05) is 0 Å². The average molecular weight is 372 g/mol. The topological polar surface area (TPSA) is 43.1 Å². The van der Waals surface area contributed by atoms with Crippen LogP contribution < -0.4 is 0 Å². The molecule has 0 aliphatic carbocycles. The van der Waals surface area contributed by atoms with Crippen LogP contribution in [0.2, 0.25) is 0 Å². The fraction of sp³-hybridized carbons (Fsp3) is 0.0833. The molecule has 3 aromatic heterocycles. The molecule has 0 spiro atoms. The summed E-state index contributed by atoms with van der Waals surface area (Å²) in [4.78, 5) is 3.98.